The van der Waals surface area contributed by atoms with Crippen molar-refractivity contribution in [1.29, 1.82) is 0 Å². The van der Waals surface area contributed by atoms with Gasteiger partial charge < -0.3 is 5.32 Å². The van der Waals surface area contributed by atoms with Crippen LogP contribution in [0.25, 0.3) is 0 Å². The van der Waals surface area contributed by atoms with Crippen molar-refractivity contribution in [3.05, 3.63) is 20.3 Å². The lowest BCUT2D eigenvalue weighted by molar-refractivity contribution is 0.373. The molecule has 5 unspecified atom stereocenters. The molecule has 0 radical (unpaired) electrons. The van der Waals surface area contributed by atoms with Crippen molar-refractivity contribution in [2.75, 3.05) is 6.54 Å². The van der Waals surface area contributed by atoms with Crippen molar-refractivity contribution < 1.29 is 0 Å². The Morgan fingerprint density at radius 3 is 2.60 bits per heavy atom. The van der Waals surface area contributed by atoms with Crippen LogP contribution in [0.15, 0.2) is 10.5 Å². The summed E-state index contributed by atoms with van der Waals surface area (Å²) >= 11 is 5.80. The molecule has 1 aromatic rings. The molecule has 2 bridgehead atoms. The van der Waals surface area contributed by atoms with Crippen LogP contribution in [0.2, 0.25) is 0 Å². The van der Waals surface area contributed by atoms with Gasteiger partial charge >= 0.3 is 0 Å². The summed E-state index contributed by atoms with van der Waals surface area (Å²) in [6.45, 7) is 5.66. The molecule has 3 heteroatoms. The molecule has 0 aliphatic heterocycles. The largest absolute Gasteiger partial charge is 0.309 e. The Bertz CT molecular complexity index is 495. The minimum absolute atomic E-state index is 0.612. The highest BCUT2D eigenvalue weighted by atomic mass is 79.9. The summed E-state index contributed by atoms with van der Waals surface area (Å²) in [6, 6.07) is 2.91. The maximum absolute atomic E-state index is 3.88. The lowest BCUT2D eigenvalue weighted by Gasteiger charge is -2.21. The number of nitrogens with one attached hydrogen (secondary N) is 1. The van der Waals surface area contributed by atoms with Gasteiger partial charge in [0.25, 0.3) is 0 Å². The molecule has 1 nitrogen and oxygen atoms in total. The molecule has 0 saturated heterocycles. The third kappa shape index (κ3) is 2.04. The van der Waals surface area contributed by atoms with Crippen molar-refractivity contribution in [1.82, 2.24) is 5.32 Å². The van der Waals surface area contributed by atoms with E-state index >= 15 is 0 Å². The second kappa shape index (κ2) is 5.10. The highest BCUT2D eigenvalue weighted by Gasteiger charge is 2.66. The van der Waals surface area contributed by atoms with Gasteiger partial charge in [0.15, 0.2) is 0 Å². The van der Waals surface area contributed by atoms with Crippen molar-refractivity contribution in [2.24, 2.45) is 29.6 Å². The SMILES string of the molecule is CCCNC(c1sc(C)cc1Br)C1C2C3CCC(C3)C21. The van der Waals surface area contributed by atoms with Crippen LogP contribution in [0.1, 0.15) is 48.4 Å². The van der Waals surface area contributed by atoms with Gasteiger partial charge in [-0.05, 0) is 90.7 Å². The van der Waals surface area contributed by atoms with Gasteiger partial charge in [0.05, 0.1) is 0 Å². The number of rotatable bonds is 5. The Labute approximate surface area is 134 Å². The number of hydrogen-bond donors (Lipinski definition) is 1. The van der Waals surface area contributed by atoms with Crippen LogP contribution in [0.4, 0.5) is 0 Å². The molecule has 1 N–H and O–H groups in total. The maximum atomic E-state index is 3.88. The number of aryl methyl sites for hydroxylation is 1. The van der Waals surface area contributed by atoms with E-state index in [1.54, 1.807) is 11.3 Å². The Hall–Kier alpha value is 0.140. The minimum atomic E-state index is 0.612. The minimum Gasteiger partial charge on any atom is -0.309 e. The van der Waals surface area contributed by atoms with E-state index in [9.17, 15) is 0 Å². The standard InChI is InChI=1S/C17H24BrNS/c1-3-6-19-16(17-12(18)7-9(2)20-17)15-13-10-4-5-11(8-10)14(13)15/h7,10-11,13-16,19H,3-6,8H2,1-2H3. The molecule has 4 rings (SSSR count). The smallest absolute Gasteiger partial charge is 0.0460 e. The third-order valence-corrected chi connectivity index (χ3v) is 7.96. The molecule has 3 saturated carbocycles. The summed E-state index contributed by atoms with van der Waals surface area (Å²) < 4.78 is 1.34. The fraction of sp³-hybridized carbons (Fsp3) is 0.765. The molecule has 110 valence electrons. The first-order valence-electron chi connectivity index (χ1n) is 8.20. The maximum Gasteiger partial charge on any atom is 0.0460 e. The van der Waals surface area contributed by atoms with Crippen LogP contribution >= 0.6 is 27.3 Å². The van der Waals surface area contributed by atoms with Gasteiger partial charge in [0, 0.05) is 20.3 Å². The predicted molar refractivity (Wildman–Crippen MR) is 89.1 cm³/mol. The molecule has 0 aromatic carbocycles. The summed E-state index contributed by atoms with van der Waals surface area (Å²) in [5.41, 5.74) is 0. The third-order valence-electron chi connectivity index (χ3n) is 5.91. The second-order valence-corrected chi connectivity index (χ2v) is 9.21. The molecule has 1 aromatic heterocycles. The van der Waals surface area contributed by atoms with E-state index in [0.29, 0.717) is 6.04 Å². The summed E-state index contributed by atoms with van der Waals surface area (Å²) in [5.74, 6) is 5.18. The monoisotopic (exact) mass is 353 g/mol. The van der Waals surface area contributed by atoms with Gasteiger partial charge in [0.2, 0.25) is 0 Å². The van der Waals surface area contributed by atoms with Crippen LogP contribution in [-0.4, -0.2) is 6.54 Å². The average Bonchev–Trinajstić information content (AvgIpc) is 2.73. The molecule has 3 fully saturated rings. The quantitative estimate of drug-likeness (QED) is 0.771. The summed E-state index contributed by atoms with van der Waals surface area (Å²) in [4.78, 5) is 3.00. The first-order chi connectivity index (χ1) is 9.70. The van der Waals surface area contributed by atoms with Crippen LogP contribution in [0.5, 0.6) is 0 Å². The molecule has 3 aliphatic rings. The van der Waals surface area contributed by atoms with E-state index in [1.807, 2.05) is 11.3 Å². The van der Waals surface area contributed by atoms with Crippen molar-refractivity contribution in [2.45, 2.75) is 45.6 Å². The van der Waals surface area contributed by atoms with Gasteiger partial charge in [-0.3, -0.25) is 0 Å². The van der Waals surface area contributed by atoms with Gasteiger partial charge in [-0.1, -0.05) is 6.92 Å². The van der Waals surface area contributed by atoms with Gasteiger partial charge in [0.1, 0.15) is 0 Å². The Kier molecular flexibility index (Phi) is 3.51. The van der Waals surface area contributed by atoms with E-state index in [-0.39, 0.29) is 0 Å². The molecule has 0 amide bonds. The van der Waals surface area contributed by atoms with Crippen molar-refractivity contribution in [3.8, 4) is 0 Å². The molecule has 0 spiro atoms. The van der Waals surface area contributed by atoms with Gasteiger partial charge in [-0.2, -0.15) is 0 Å². The second-order valence-electron chi connectivity index (χ2n) is 7.07. The first kappa shape index (κ1) is 13.8. The Morgan fingerprint density at radius 2 is 2.05 bits per heavy atom. The fourth-order valence-corrected chi connectivity index (χ4v) is 7.29. The molecule has 3 aliphatic carbocycles. The van der Waals surface area contributed by atoms with Gasteiger partial charge in [-0.15, -0.1) is 11.3 Å². The number of hydrogen-bond acceptors (Lipinski definition) is 2. The topological polar surface area (TPSA) is 12.0 Å². The zero-order chi connectivity index (χ0) is 13.9. The van der Waals surface area contributed by atoms with E-state index < -0.39 is 0 Å². The normalized spacial score (nSPS) is 39.0. The summed E-state index contributed by atoms with van der Waals surface area (Å²) in [5, 5.41) is 3.88. The summed E-state index contributed by atoms with van der Waals surface area (Å²) in [6.07, 6.45) is 5.82. The molecular weight excluding hydrogens is 330 g/mol. The Balaban J connectivity index is 1.59. The van der Waals surface area contributed by atoms with E-state index in [2.05, 4.69) is 41.2 Å². The predicted octanol–water partition coefficient (Wildman–Crippen LogP) is 5.15. The average molecular weight is 354 g/mol. The molecule has 20 heavy (non-hydrogen) atoms. The van der Waals surface area contributed by atoms with Crippen LogP contribution in [0.3, 0.4) is 0 Å². The zero-order valence-corrected chi connectivity index (χ0v) is 14.8. The van der Waals surface area contributed by atoms with Crippen LogP contribution < -0.4 is 5.32 Å². The van der Waals surface area contributed by atoms with E-state index in [4.69, 9.17) is 0 Å². The molecular formula is C17H24BrNS. The first-order valence-corrected chi connectivity index (χ1v) is 9.81. The molecule has 1 heterocycles. The number of thiophene rings is 1. The lowest BCUT2D eigenvalue weighted by atomic mass is 9.96. The van der Waals surface area contributed by atoms with Crippen molar-refractivity contribution in [3.63, 3.8) is 0 Å². The van der Waals surface area contributed by atoms with Gasteiger partial charge in [-0.25, -0.2) is 0 Å². The van der Waals surface area contributed by atoms with Crippen LogP contribution in [0, 0.1) is 36.5 Å². The van der Waals surface area contributed by atoms with Crippen molar-refractivity contribution >= 4 is 27.3 Å². The lowest BCUT2D eigenvalue weighted by Crippen LogP contribution is -2.26. The highest BCUT2D eigenvalue weighted by molar-refractivity contribution is 9.10. The van der Waals surface area contributed by atoms with E-state index in [0.717, 1.165) is 36.1 Å². The van der Waals surface area contributed by atoms with Crippen LogP contribution in [-0.2, 0) is 0 Å². The summed E-state index contributed by atoms with van der Waals surface area (Å²) in [7, 11) is 0. The van der Waals surface area contributed by atoms with E-state index in [1.165, 1.54) is 28.6 Å². The fourth-order valence-electron chi connectivity index (χ4n) is 5.26. The zero-order valence-electron chi connectivity index (χ0n) is 12.4. The number of halogens is 1. The molecule has 5 atom stereocenters. The Morgan fingerprint density at radius 1 is 1.35 bits per heavy atom. The number of fused-ring (bicyclic) bond motifs is 5. The highest BCUT2D eigenvalue weighted by Crippen LogP contribution is 2.72.